The molecule has 0 spiro atoms. The van der Waals surface area contributed by atoms with Crippen LogP contribution in [0.4, 0.5) is 27.5 Å². The van der Waals surface area contributed by atoms with Crippen molar-refractivity contribution in [2.45, 2.75) is 20.8 Å². The number of benzene rings is 2. The second-order valence-electron chi connectivity index (χ2n) is 7.59. The Balaban J connectivity index is 1.58. The maximum absolute atomic E-state index is 12.4. The fourth-order valence-corrected chi connectivity index (χ4v) is 3.68. The number of rotatable bonds is 6. The number of nitrogens with zero attached hydrogens (tertiary/aromatic N) is 3. The molecule has 0 bridgehead atoms. The molecule has 0 unspecified atom stereocenters. The number of urea groups is 1. The topological polar surface area (TPSA) is 50.9 Å². The van der Waals surface area contributed by atoms with Gasteiger partial charge >= 0.3 is 6.03 Å². The second kappa shape index (κ2) is 9.65. The first-order valence-electron chi connectivity index (χ1n) is 10.5. The zero-order valence-electron chi connectivity index (χ0n) is 18.0. The Kier molecular flexibility index (Phi) is 6.99. The monoisotopic (exact) mass is 395 g/mol. The number of anilines is 4. The third-order valence-corrected chi connectivity index (χ3v) is 5.58. The van der Waals surface area contributed by atoms with Crippen LogP contribution < -0.4 is 20.4 Å². The Morgan fingerprint density at radius 1 is 0.966 bits per heavy atom. The molecular formula is C23H33N5O. The predicted molar refractivity (Wildman–Crippen MR) is 124 cm³/mol. The van der Waals surface area contributed by atoms with Crippen LogP contribution in [0.2, 0.25) is 0 Å². The molecule has 2 aromatic rings. The summed E-state index contributed by atoms with van der Waals surface area (Å²) in [4.78, 5) is 19.5. The van der Waals surface area contributed by atoms with Crippen molar-refractivity contribution in [2.24, 2.45) is 0 Å². The molecular weight excluding hydrogens is 362 g/mol. The van der Waals surface area contributed by atoms with Crippen molar-refractivity contribution in [3.05, 3.63) is 48.0 Å². The van der Waals surface area contributed by atoms with Gasteiger partial charge in [-0.1, -0.05) is 0 Å². The summed E-state index contributed by atoms with van der Waals surface area (Å²) < 4.78 is 0. The summed E-state index contributed by atoms with van der Waals surface area (Å²) >= 11 is 0. The molecule has 156 valence electrons. The van der Waals surface area contributed by atoms with Gasteiger partial charge in [-0.3, -0.25) is 0 Å². The molecule has 0 atom stereocenters. The van der Waals surface area contributed by atoms with Crippen LogP contribution in [0.3, 0.4) is 0 Å². The van der Waals surface area contributed by atoms with Gasteiger partial charge in [-0.05, 0) is 75.8 Å². The van der Waals surface area contributed by atoms with Crippen LogP contribution in [0.15, 0.2) is 42.5 Å². The standard InChI is InChI=1S/C23H33N5O/c1-5-27(6-2)21-11-12-22(18(3)17-21)25-23(29)24-19-7-9-20(10-8-19)28-15-13-26(4)14-16-28/h7-12,17H,5-6,13-16H2,1-4H3,(H2,24,25,29). The Morgan fingerprint density at radius 2 is 1.62 bits per heavy atom. The Morgan fingerprint density at radius 3 is 2.21 bits per heavy atom. The molecule has 1 heterocycles. The molecule has 3 rings (SSSR count). The molecule has 1 aliphatic rings. The zero-order chi connectivity index (χ0) is 20.8. The van der Waals surface area contributed by atoms with Crippen molar-refractivity contribution in [3.63, 3.8) is 0 Å². The number of carbonyl (C=O) groups excluding carboxylic acids is 1. The molecule has 0 radical (unpaired) electrons. The lowest BCUT2D eigenvalue weighted by molar-refractivity contribution is 0.262. The molecule has 1 aliphatic heterocycles. The van der Waals surface area contributed by atoms with Crippen LogP contribution in [0.1, 0.15) is 19.4 Å². The quantitative estimate of drug-likeness (QED) is 0.768. The third-order valence-electron chi connectivity index (χ3n) is 5.58. The normalized spacial score (nSPS) is 14.6. The van der Waals surface area contributed by atoms with Crippen LogP contribution in [-0.4, -0.2) is 57.2 Å². The number of piperazine rings is 1. The number of likely N-dealkylation sites (N-methyl/N-ethyl adjacent to an activating group) is 1. The van der Waals surface area contributed by atoms with E-state index in [1.165, 1.54) is 11.4 Å². The van der Waals surface area contributed by atoms with E-state index in [-0.39, 0.29) is 6.03 Å². The molecule has 2 amide bonds. The van der Waals surface area contributed by atoms with E-state index in [4.69, 9.17) is 0 Å². The van der Waals surface area contributed by atoms with Crippen molar-refractivity contribution >= 4 is 28.8 Å². The maximum atomic E-state index is 12.4. The Hall–Kier alpha value is -2.73. The molecule has 1 fully saturated rings. The highest BCUT2D eigenvalue weighted by atomic mass is 16.2. The van der Waals surface area contributed by atoms with Crippen molar-refractivity contribution in [1.82, 2.24) is 4.90 Å². The molecule has 1 saturated heterocycles. The van der Waals surface area contributed by atoms with Gasteiger partial charge in [0.2, 0.25) is 0 Å². The minimum absolute atomic E-state index is 0.226. The first-order valence-corrected chi connectivity index (χ1v) is 10.5. The van der Waals surface area contributed by atoms with Crippen LogP contribution >= 0.6 is 0 Å². The van der Waals surface area contributed by atoms with E-state index in [1.54, 1.807) is 0 Å². The van der Waals surface area contributed by atoms with Gasteiger partial charge in [0.05, 0.1) is 0 Å². The van der Waals surface area contributed by atoms with Crippen LogP contribution in [-0.2, 0) is 0 Å². The number of hydrogen-bond acceptors (Lipinski definition) is 4. The van der Waals surface area contributed by atoms with Gasteiger partial charge in [-0.25, -0.2) is 4.79 Å². The lowest BCUT2D eigenvalue weighted by Gasteiger charge is -2.34. The summed E-state index contributed by atoms with van der Waals surface area (Å²) in [6.07, 6.45) is 0. The Bertz CT molecular complexity index is 809. The Labute approximate surface area is 174 Å². The zero-order valence-corrected chi connectivity index (χ0v) is 18.0. The number of amides is 2. The van der Waals surface area contributed by atoms with Gasteiger partial charge in [0.1, 0.15) is 0 Å². The summed E-state index contributed by atoms with van der Waals surface area (Å²) in [5, 5.41) is 5.89. The summed E-state index contributed by atoms with van der Waals surface area (Å²) in [5.41, 5.74) is 5.05. The fourth-order valence-electron chi connectivity index (χ4n) is 3.68. The van der Waals surface area contributed by atoms with E-state index in [1.807, 2.05) is 25.1 Å². The highest BCUT2D eigenvalue weighted by Gasteiger charge is 2.14. The van der Waals surface area contributed by atoms with E-state index in [0.717, 1.165) is 56.2 Å². The van der Waals surface area contributed by atoms with E-state index in [9.17, 15) is 4.79 Å². The van der Waals surface area contributed by atoms with Gasteiger partial charge in [-0.2, -0.15) is 0 Å². The van der Waals surface area contributed by atoms with E-state index < -0.39 is 0 Å². The van der Waals surface area contributed by atoms with Crippen molar-refractivity contribution in [1.29, 1.82) is 0 Å². The molecule has 2 aromatic carbocycles. The van der Waals surface area contributed by atoms with Gasteiger partial charge in [0.15, 0.2) is 0 Å². The first-order chi connectivity index (χ1) is 14.0. The van der Waals surface area contributed by atoms with Crippen molar-refractivity contribution < 1.29 is 4.79 Å². The SMILES string of the molecule is CCN(CC)c1ccc(NC(=O)Nc2ccc(N3CCN(C)CC3)cc2)c(C)c1. The lowest BCUT2D eigenvalue weighted by atomic mass is 10.1. The molecule has 29 heavy (non-hydrogen) atoms. The summed E-state index contributed by atoms with van der Waals surface area (Å²) in [5.74, 6) is 0. The third kappa shape index (κ3) is 5.41. The molecule has 6 nitrogen and oxygen atoms in total. The summed E-state index contributed by atoms with van der Waals surface area (Å²) in [7, 11) is 2.15. The largest absolute Gasteiger partial charge is 0.372 e. The first kappa shape index (κ1) is 21.0. The van der Waals surface area contributed by atoms with E-state index in [0.29, 0.717) is 0 Å². The maximum Gasteiger partial charge on any atom is 0.323 e. The molecule has 6 heteroatoms. The minimum Gasteiger partial charge on any atom is -0.372 e. The smallest absolute Gasteiger partial charge is 0.323 e. The van der Waals surface area contributed by atoms with Crippen molar-refractivity contribution in [3.8, 4) is 0 Å². The van der Waals surface area contributed by atoms with E-state index in [2.05, 4.69) is 70.5 Å². The van der Waals surface area contributed by atoms with Gasteiger partial charge in [0, 0.05) is 62.0 Å². The predicted octanol–water partition coefficient (Wildman–Crippen LogP) is 4.24. The number of carbonyl (C=O) groups is 1. The van der Waals surface area contributed by atoms with Gasteiger partial charge in [-0.15, -0.1) is 0 Å². The van der Waals surface area contributed by atoms with Gasteiger partial charge < -0.3 is 25.3 Å². The average Bonchev–Trinajstić information content (AvgIpc) is 2.72. The molecule has 0 aliphatic carbocycles. The minimum atomic E-state index is -0.226. The molecule has 0 saturated carbocycles. The lowest BCUT2D eigenvalue weighted by Crippen LogP contribution is -2.44. The molecule has 0 aromatic heterocycles. The summed E-state index contributed by atoms with van der Waals surface area (Å²) in [6, 6.07) is 14.0. The summed E-state index contributed by atoms with van der Waals surface area (Å²) in [6.45, 7) is 12.5. The second-order valence-corrected chi connectivity index (χ2v) is 7.59. The highest BCUT2D eigenvalue weighted by Crippen LogP contribution is 2.23. The molecule has 2 N–H and O–H groups in total. The van der Waals surface area contributed by atoms with Crippen LogP contribution in [0.5, 0.6) is 0 Å². The van der Waals surface area contributed by atoms with Crippen molar-refractivity contribution in [2.75, 3.05) is 66.7 Å². The highest BCUT2D eigenvalue weighted by molar-refractivity contribution is 6.00. The fraction of sp³-hybridized carbons (Fsp3) is 0.435. The number of hydrogen-bond donors (Lipinski definition) is 2. The van der Waals surface area contributed by atoms with Gasteiger partial charge in [0.25, 0.3) is 0 Å². The number of nitrogens with one attached hydrogen (secondary N) is 2. The van der Waals surface area contributed by atoms with Crippen LogP contribution in [0.25, 0.3) is 0 Å². The van der Waals surface area contributed by atoms with Crippen LogP contribution in [0, 0.1) is 6.92 Å². The van der Waals surface area contributed by atoms with E-state index >= 15 is 0 Å². The average molecular weight is 396 g/mol. The number of aryl methyl sites for hydroxylation is 1.